The topological polar surface area (TPSA) is 15.3 Å². The lowest BCUT2D eigenvalue weighted by Gasteiger charge is -2.43. The Balaban J connectivity index is 2.52. The van der Waals surface area contributed by atoms with Gasteiger partial charge in [-0.2, -0.15) is 0 Å². The van der Waals surface area contributed by atoms with Crippen LogP contribution in [0.3, 0.4) is 0 Å². The van der Waals surface area contributed by atoms with E-state index in [-0.39, 0.29) is 0 Å². The van der Waals surface area contributed by atoms with Crippen LogP contribution in [0.25, 0.3) is 0 Å². The zero-order chi connectivity index (χ0) is 13.7. The van der Waals surface area contributed by atoms with Gasteiger partial charge in [0, 0.05) is 31.7 Å². The summed E-state index contributed by atoms with van der Waals surface area (Å²) in [5.74, 6) is 2.39. The highest BCUT2D eigenvalue weighted by atomic mass is 15.2. The van der Waals surface area contributed by atoms with Crippen molar-refractivity contribution in [2.45, 2.75) is 66.5 Å². The second-order valence-corrected chi connectivity index (χ2v) is 7.01. The number of piperazine rings is 1. The molecule has 0 amide bonds. The summed E-state index contributed by atoms with van der Waals surface area (Å²) in [5.41, 5.74) is 0. The fourth-order valence-electron chi connectivity index (χ4n) is 3.24. The minimum Gasteiger partial charge on any atom is -0.311 e. The Morgan fingerprint density at radius 1 is 1.17 bits per heavy atom. The van der Waals surface area contributed by atoms with E-state index in [1.165, 1.54) is 32.5 Å². The van der Waals surface area contributed by atoms with Gasteiger partial charge in [-0.25, -0.2) is 0 Å². The Hall–Kier alpha value is -0.0800. The van der Waals surface area contributed by atoms with E-state index in [9.17, 15) is 0 Å². The van der Waals surface area contributed by atoms with Gasteiger partial charge in [0.2, 0.25) is 0 Å². The molecule has 0 aromatic heterocycles. The highest BCUT2D eigenvalue weighted by Gasteiger charge is 2.28. The van der Waals surface area contributed by atoms with E-state index in [0.29, 0.717) is 6.04 Å². The Labute approximate surface area is 115 Å². The van der Waals surface area contributed by atoms with Crippen LogP contribution >= 0.6 is 0 Å². The summed E-state index contributed by atoms with van der Waals surface area (Å²) in [4.78, 5) is 2.74. The van der Waals surface area contributed by atoms with E-state index in [4.69, 9.17) is 0 Å². The standard InChI is InChI=1S/C16H34N2/c1-7-15-9-17-16(13(4)5)11-18(15)10-14(6)8-12(2)3/h12-17H,7-11H2,1-6H3. The van der Waals surface area contributed by atoms with Gasteiger partial charge in [0.1, 0.15) is 0 Å². The molecule has 0 aromatic carbocycles. The van der Waals surface area contributed by atoms with Crippen molar-refractivity contribution in [2.24, 2.45) is 17.8 Å². The van der Waals surface area contributed by atoms with Gasteiger partial charge >= 0.3 is 0 Å². The zero-order valence-electron chi connectivity index (χ0n) is 13.4. The predicted octanol–water partition coefficient (Wildman–Crippen LogP) is 3.38. The molecule has 18 heavy (non-hydrogen) atoms. The summed E-state index contributed by atoms with van der Waals surface area (Å²) in [6.45, 7) is 17.8. The maximum absolute atomic E-state index is 3.72. The molecule has 1 aliphatic rings. The van der Waals surface area contributed by atoms with E-state index in [0.717, 1.165) is 23.8 Å². The van der Waals surface area contributed by atoms with E-state index in [2.05, 4.69) is 51.8 Å². The van der Waals surface area contributed by atoms with Crippen LogP contribution in [0, 0.1) is 17.8 Å². The first-order chi connectivity index (χ1) is 8.43. The van der Waals surface area contributed by atoms with Crippen LogP contribution < -0.4 is 5.32 Å². The molecule has 108 valence electrons. The van der Waals surface area contributed by atoms with Crippen molar-refractivity contribution in [2.75, 3.05) is 19.6 Å². The lowest BCUT2D eigenvalue weighted by molar-refractivity contribution is 0.0917. The minimum absolute atomic E-state index is 0.680. The van der Waals surface area contributed by atoms with Gasteiger partial charge in [-0.1, -0.05) is 41.5 Å². The van der Waals surface area contributed by atoms with Crippen LogP contribution in [-0.4, -0.2) is 36.6 Å². The van der Waals surface area contributed by atoms with Crippen LogP contribution in [0.15, 0.2) is 0 Å². The quantitative estimate of drug-likeness (QED) is 0.782. The van der Waals surface area contributed by atoms with E-state index < -0.39 is 0 Å². The molecule has 1 aliphatic heterocycles. The zero-order valence-corrected chi connectivity index (χ0v) is 13.4. The molecular formula is C16H34N2. The van der Waals surface area contributed by atoms with Crippen molar-refractivity contribution in [3.63, 3.8) is 0 Å². The van der Waals surface area contributed by atoms with E-state index >= 15 is 0 Å². The molecular weight excluding hydrogens is 220 g/mol. The third-order valence-corrected chi connectivity index (χ3v) is 4.26. The number of nitrogens with one attached hydrogen (secondary N) is 1. The lowest BCUT2D eigenvalue weighted by Crippen LogP contribution is -2.58. The molecule has 3 atom stereocenters. The summed E-state index contributed by atoms with van der Waals surface area (Å²) < 4.78 is 0. The lowest BCUT2D eigenvalue weighted by atomic mass is 9.94. The molecule has 2 nitrogen and oxygen atoms in total. The van der Waals surface area contributed by atoms with Crippen molar-refractivity contribution >= 4 is 0 Å². The fourth-order valence-corrected chi connectivity index (χ4v) is 3.24. The molecule has 0 bridgehead atoms. The monoisotopic (exact) mass is 254 g/mol. The minimum atomic E-state index is 0.680. The van der Waals surface area contributed by atoms with Gasteiger partial charge in [-0.05, 0) is 30.6 Å². The van der Waals surface area contributed by atoms with Crippen molar-refractivity contribution in [3.05, 3.63) is 0 Å². The van der Waals surface area contributed by atoms with E-state index in [1.807, 2.05) is 0 Å². The van der Waals surface area contributed by atoms with Crippen molar-refractivity contribution < 1.29 is 0 Å². The van der Waals surface area contributed by atoms with Crippen LogP contribution in [0.5, 0.6) is 0 Å². The van der Waals surface area contributed by atoms with Gasteiger partial charge in [-0.3, -0.25) is 4.90 Å². The molecule has 1 rings (SSSR count). The fraction of sp³-hybridized carbons (Fsp3) is 1.00. The van der Waals surface area contributed by atoms with Gasteiger partial charge < -0.3 is 5.32 Å². The van der Waals surface area contributed by atoms with Crippen LogP contribution in [0.4, 0.5) is 0 Å². The summed E-state index contributed by atoms with van der Waals surface area (Å²) >= 11 is 0. The first-order valence-electron chi connectivity index (χ1n) is 7.91. The maximum Gasteiger partial charge on any atom is 0.0218 e. The molecule has 0 spiro atoms. The number of nitrogens with zero attached hydrogens (tertiary/aromatic N) is 1. The summed E-state index contributed by atoms with van der Waals surface area (Å²) in [7, 11) is 0. The van der Waals surface area contributed by atoms with E-state index in [1.54, 1.807) is 0 Å². The Bertz CT molecular complexity index is 225. The van der Waals surface area contributed by atoms with Crippen LogP contribution in [0.1, 0.15) is 54.4 Å². The average Bonchev–Trinajstić information content (AvgIpc) is 2.27. The predicted molar refractivity (Wildman–Crippen MR) is 80.9 cm³/mol. The van der Waals surface area contributed by atoms with Gasteiger partial charge in [-0.15, -0.1) is 0 Å². The Kier molecular flexibility index (Phi) is 6.65. The second-order valence-electron chi connectivity index (χ2n) is 7.01. The molecule has 1 fully saturated rings. The number of rotatable bonds is 6. The number of hydrogen-bond acceptors (Lipinski definition) is 2. The van der Waals surface area contributed by atoms with Crippen molar-refractivity contribution in [3.8, 4) is 0 Å². The largest absolute Gasteiger partial charge is 0.311 e. The Morgan fingerprint density at radius 2 is 1.83 bits per heavy atom. The summed E-state index contributed by atoms with van der Waals surface area (Å²) in [6.07, 6.45) is 2.62. The maximum atomic E-state index is 3.72. The SMILES string of the molecule is CCC1CNC(C(C)C)CN1CC(C)CC(C)C. The molecule has 1 heterocycles. The molecule has 0 aromatic rings. The van der Waals surface area contributed by atoms with Gasteiger partial charge in [0.15, 0.2) is 0 Å². The van der Waals surface area contributed by atoms with Crippen molar-refractivity contribution in [1.29, 1.82) is 0 Å². The molecule has 3 unspecified atom stereocenters. The van der Waals surface area contributed by atoms with Gasteiger partial charge in [0.25, 0.3) is 0 Å². The van der Waals surface area contributed by atoms with Gasteiger partial charge in [0.05, 0.1) is 0 Å². The molecule has 1 N–H and O–H groups in total. The van der Waals surface area contributed by atoms with Crippen molar-refractivity contribution in [1.82, 2.24) is 10.2 Å². The third-order valence-electron chi connectivity index (χ3n) is 4.26. The molecule has 0 radical (unpaired) electrons. The second kappa shape index (κ2) is 7.49. The summed E-state index contributed by atoms with van der Waals surface area (Å²) in [5, 5.41) is 3.72. The van der Waals surface area contributed by atoms with Crippen LogP contribution in [-0.2, 0) is 0 Å². The number of hydrogen-bond donors (Lipinski definition) is 1. The Morgan fingerprint density at radius 3 is 2.33 bits per heavy atom. The first-order valence-corrected chi connectivity index (χ1v) is 7.91. The smallest absolute Gasteiger partial charge is 0.0218 e. The summed E-state index contributed by atoms with van der Waals surface area (Å²) in [6, 6.07) is 1.42. The average molecular weight is 254 g/mol. The third kappa shape index (κ3) is 4.89. The molecule has 2 heteroatoms. The normalized spacial score (nSPS) is 28.0. The first kappa shape index (κ1) is 16.0. The highest BCUT2D eigenvalue weighted by Crippen LogP contribution is 2.19. The molecule has 0 saturated carbocycles. The molecule has 1 saturated heterocycles. The molecule has 0 aliphatic carbocycles. The highest BCUT2D eigenvalue weighted by molar-refractivity contribution is 4.87. The van der Waals surface area contributed by atoms with Crippen LogP contribution in [0.2, 0.25) is 0 Å².